The fraction of sp³-hybridized carbons (Fsp3) is 0.190. The van der Waals surface area contributed by atoms with E-state index >= 15 is 0 Å². The first-order valence-electron chi connectivity index (χ1n) is 8.46. The molecule has 2 amide bonds. The summed E-state index contributed by atoms with van der Waals surface area (Å²) in [5.74, 6) is 2.15. The van der Waals surface area contributed by atoms with Crippen molar-refractivity contribution in [2.75, 3.05) is 6.54 Å². The zero-order chi connectivity index (χ0) is 18.5. The number of benzene rings is 2. The lowest BCUT2D eigenvalue weighted by Crippen LogP contribution is -2.36. The highest BCUT2D eigenvalue weighted by molar-refractivity contribution is 6.14. The largest absolute Gasteiger partial charge is 0.370 e. The summed E-state index contributed by atoms with van der Waals surface area (Å²) in [6, 6.07) is 15.4. The van der Waals surface area contributed by atoms with Crippen molar-refractivity contribution in [2.24, 2.45) is 5.73 Å². The minimum absolute atomic E-state index is 0.172. The summed E-state index contributed by atoms with van der Waals surface area (Å²) >= 11 is 0. The summed E-state index contributed by atoms with van der Waals surface area (Å²) in [5.41, 5.74) is 7.58. The van der Waals surface area contributed by atoms with Gasteiger partial charge in [-0.15, -0.1) is 6.42 Å². The third-order valence-corrected chi connectivity index (χ3v) is 4.29. The molecule has 0 aliphatic heterocycles. The van der Waals surface area contributed by atoms with Gasteiger partial charge in [-0.05, 0) is 24.5 Å². The van der Waals surface area contributed by atoms with Crippen molar-refractivity contribution >= 4 is 33.6 Å². The van der Waals surface area contributed by atoms with Gasteiger partial charge in [-0.2, -0.15) is 4.57 Å². The van der Waals surface area contributed by atoms with Gasteiger partial charge < -0.3 is 11.1 Å². The van der Waals surface area contributed by atoms with Gasteiger partial charge in [0.2, 0.25) is 23.5 Å². The summed E-state index contributed by atoms with van der Waals surface area (Å²) in [6.07, 6.45) is 6.32. The molecule has 0 saturated carbocycles. The van der Waals surface area contributed by atoms with Crippen molar-refractivity contribution in [2.45, 2.75) is 19.4 Å². The number of terminal acetylenes is 1. The van der Waals surface area contributed by atoms with Gasteiger partial charge in [-0.3, -0.25) is 9.59 Å². The van der Waals surface area contributed by atoms with Crippen molar-refractivity contribution in [1.29, 1.82) is 0 Å². The Balaban J connectivity index is 2.11. The smallest absolute Gasteiger partial charge is 0.253 e. The van der Waals surface area contributed by atoms with Crippen molar-refractivity contribution in [3.8, 4) is 12.3 Å². The topological polar surface area (TPSA) is 76.1 Å². The lowest BCUT2D eigenvalue weighted by molar-refractivity contribution is -0.632. The van der Waals surface area contributed by atoms with Crippen LogP contribution in [0.25, 0.3) is 21.8 Å². The molecule has 26 heavy (non-hydrogen) atoms. The Bertz CT molecular complexity index is 978. The average molecular weight is 346 g/mol. The van der Waals surface area contributed by atoms with E-state index in [0.717, 1.165) is 21.8 Å². The molecule has 1 aromatic heterocycles. The number of rotatable bonds is 6. The predicted molar refractivity (Wildman–Crippen MR) is 101 cm³/mol. The van der Waals surface area contributed by atoms with Crippen LogP contribution in [0.5, 0.6) is 0 Å². The third-order valence-electron chi connectivity index (χ3n) is 4.29. The molecule has 0 saturated heterocycles. The number of para-hydroxylation sites is 2. The Labute approximate surface area is 151 Å². The van der Waals surface area contributed by atoms with Crippen LogP contribution in [0.3, 0.4) is 0 Å². The van der Waals surface area contributed by atoms with E-state index in [1.807, 2.05) is 53.1 Å². The molecule has 0 radical (unpaired) electrons. The number of nitrogens with one attached hydrogen (secondary N) is 1. The molecule has 0 spiro atoms. The van der Waals surface area contributed by atoms with Crippen molar-refractivity contribution in [1.82, 2.24) is 5.32 Å². The fourth-order valence-corrected chi connectivity index (χ4v) is 3.17. The first kappa shape index (κ1) is 17.4. The van der Waals surface area contributed by atoms with E-state index in [2.05, 4.69) is 11.2 Å². The van der Waals surface area contributed by atoms with E-state index in [0.29, 0.717) is 25.1 Å². The Morgan fingerprint density at radius 3 is 2.15 bits per heavy atom. The van der Waals surface area contributed by atoms with Crippen LogP contribution in [0.1, 0.15) is 23.2 Å². The molecular weight excluding hydrogens is 326 g/mol. The number of primary amides is 1. The van der Waals surface area contributed by atoms with Gasteiger partial charge >= 0.3 is 0 Å². The molecule has 1 heterocycles. The molecule has 5 heteroatoms. The Hall–Kier alpha value is -3.39. The highest BCUT2D eigenvalue weighted by atomic mass is 16.2. The van der Waals surface area contributed by atoms with E-state index in [4.69, 9.17) is 12.2 Å². The number of nitrogens with two attached hydrogens (primary N) is 1. The molecular formula is C21H20N3O2+. The van der Waals surface area contributed by atoms with Crippen LogP contribution in [0, 0.1) is 12.3 Å². The number of pyridine rings is 1. The third kappa shape index (κ3) is 3.35. The highest BCUT2D eigenvalue weighted by Gasteiger charge is 2.23. The van der Waals surface area contributed by atoms with E-state index in [1.165, 1.54) is 0 Å². The molecule has 130 valence electrons. The number of amides is 2. The second-order valence-corrected chi connectivity index (χ2v) is 6.03. The van der Waals surface area contributed by atoms with Crippen LogP contribution in [0.15, 0.2) is 48.5 Å². The monoisotopic (exact) mass is 346 g/mol. The van der Waals surface area contributed by atoms with Gasteiger partial charge in [-0.1, -0.05) is 24.3 Å². The summed E-state index contributed by atoms with van der Waals surface area (Å²) in [7, 11) is 0. The average Bonchev–Trinajstić information content (AvgIpc) is 2.65. The van der Waals surface area contributed by atoms with Crippen LogP contribution in [0.4, 0.5) is 0 Å². The molecule has 3 rings (SSSR count). The second kappa shape index (κ2) is 7.66. The van der Waals surface area contributed by atoms with Gasteiger partial charge in [-0.25, -0.2) is 0 Å². The Kier molecular flexibility index (Phi) is 5.14. The molecule has 0 unspecified atom stereocenters. The van der Waals surface area contributed by atoms with E-state index < -0.39 is 0 Å². The molecule has 0 atom stereocenters. The van der Waals surface area contributed by atoms with Crippen LogP contribution in [0.2, 0.25) is 0 Å². The Morgan fingerprint density at radius 1 is 1.04 bits per heavy atom. The molecule has 5 nitrogen and oxygen atoms in total. The quantitative estimate of drug-likeness (QED) is 0.310. The van der Waals surface area contributed by atoms with Gasteiger partial charge in [0, 0.05) is 25.1 Å². The zero-order valence-corrected chi connectivity index (χ0v) is 14.4. The van der Waals surface area contributed by atoms with Crippen LogP contribution < -0.4 is 15.6 Å². The van der Waals surface area contributed by atoms with Gasteiger partial charge in [0.1, 0.15) is 0 Å². The van der Waals surface area contributed by atoms with Gasteiger partial charge in [0.05, 0.1) is 16.3 Å². The maximum absolute atomic E-state index is 12.9. The summed E-state index contributed by atoms with van der Waals surface area (Å²) in [4.78, 5) is 23.8. The molecule has 0 bridgehead atoms. The maximum Gasteiger partial charge on any atom is 0.253 e. The first-order chi connectivity index (χ1) is 12.6. The number of nitrogens with zero attached hydrogens (tertiary/aromatic N) is 1. The predicted octanol–water partition coefficient (Wildman–Crippen LogP) is 1.91. The second-order valence-electron chi connectivity index (χ2n) is 6.03. The molecule has 3 N–H and O–H groups in total. The SMILES string of the molecule is C#CC[n+]1c2ccccc2c(C(=O)NCCCC(N)=O)c2ccccc21. The van der Waals surface area contributed by atoms with Crippen molar-refractivity contribution in [3.63, 3.8) is 0 Å². The van der Waals surface area contributed by atoms with Crippen molar-refractivity contribution in [3.05, 3.63) is 54.1 Å². The van der Waals surface area contributed by atoms with E-state index in [1.54, 1.807) is 0 Å². The minimum Gasteiger partial charge on any atom is -0.370 e. The molecule has 0 fully saturated rings. The fourth-order valence-electron chi connectivity index (χ4n) is 3.17. The van der Waals surface area contributed by atoms with Gasteiger partial charge in [0.15, 0.2) is 0 Å². The van der Waals surface area contributed by atoms with Gasteiger partial charge in [0.25, 0.3) is 5.91 Å². The maximum atomic E-state index is 12.9. The van der Waals surface area contributed by atoms with Crippen molar-refractivity contribution < 1.29 is 14.2 Å². The number of aromatic nitrogens is 1. The van der Waals surface area contributed by atoms with E-state index in [9.17, 15) is 9.59 Å². The van der Waals surface area contributed by atoms with Crippen LogP contribution in [-0.2, 0) is 11.3 Å². The highest BCUT2D eigenvalue weighted by Crippen LogP contribution is 2.24. The van der Waals surface area contributed by atoms with Crippen LogP contribution in [-0.4, -0.2) is 18.4 Å². The number of fused-ring (bicyclic) bond motifs is 2. The summed E-state index contributed by atoms with van der Waals surface area (Å²) in [5, 5.41) is 4.58. The number of carbonyl (C=O) groups excluding carboxylic acids is 2. The molecule has 0 aliphatic rings. The molecule has 2 aromatic carbocycles. The Morgan fingerprint density at radius 2 is 1.62 bits per heavy atom. The zero-order valence-electron chi connectivity index (χ0n) is 14.4. The number of hydrogen-bond donors (Lipinski definition) is 2. The molecule has 3 aromatic rings. The first-order valence-corrected chi connectivity index (χ1v) is 8.46. The standard InChI is InChI=1S/C21H19N3O2/c1-2-14-24-17-10-5-3-8-15(17)20(16-9-4-6-11-18(16)24)21(26)23-13-7-12-19(22)25/h1,3-6,8-11H,7,12-14H2,(H2-,22,23,25,26)/p+1. The lowest BCUT2D eigenvalue weighted by Gasteiger charge is -2.11. The normalized spacial score (nSPS) is 10.6. The lowest BCUT2D eigenvalue weighted by atomic mass is 10.0. The van der Waals surface area contributed by atoms with E-state index in [-0.39, 0.29) is 18.2 Å². The molecule has 0 aliphatic carbocycles. The number of hydrogen-bond acceptors (Lipinski definition) is 2. The number of carbonyl (C=O) groups is 2. The summed E-state index contributed by atoms with van der Waals surface area (Å²) in [6.45, 7) is 0.811. The van der Waals surface area contributed by atoms with Crippen LogP contribution >= 0.6 is 0 Å². The minimum atomic E-state index is -0.370. The summed E-state index contributed by atoms with van der Waals surface area (Å²) < 4.78 is 2.04.